The molecule has 3 aromatic rings. The van der Waals surface area contributed by atoms with E-state index in [-0.39, 0.29) is 42.0 Å². The molecular weight excluding hydrogens is 362 g/mol. The second kappa shape index (κ2) is 8.21. The van der Waals surface area contributed by atoms with E-state index in [1.165, 1.54) is 0 Å². The molecule has 10 nitrogen and oxygen atoms in total. The molecule has 0 saturated heterocycles. The van der Waals surface area contributed by atoms with E-state index in [1.807, 2.05) is 0 Å². The van der Waals surface area contributed by atoms with E-state index in [4.69, 9.17) is 10.5 Å². The van der Waals surface area contributed by atoms with E-state index in [9.17, 15) is 9.59 Å². The molecular formula is C15H16ClN7O3. The van der Waals surface area contributed by atoms with Crippen LogP contribution in [0, 0.1) is 0 Å². The maximum Gasteiger partial charge on any atom is 0.338 e. The number of nitrogens with one attached hydrogen (secondary N) is 2. The molecule has 4 N–H and O–H groups in total. The molecule has 0 amide bonds. The first-order valence-corrected chi connectivity index (χ1v) is 7.47. The van der Waals surface area contributed by atoms with Gasteiger partial charge in [0.05, 0.1) is 18.7 Å². The highest BCUT2D eigenvalue weighted by Gasteiger charge is 2.09. The smallest absolute Gasteiger partial charge is 0.338 e. The first-order valence-electron chi connectivity index (χ1n) is 7.47. The molecule has 2 aromatic heterocycles. The lowest BCUT2D eigenvalue weighted by Gasteiger charge is -2.07. The fraction of sp³-hybridized carbons (Fsp3) is 0.200. The third kappa shape index (κ3) is 4.22. The molecule has 2 heterocycles. The summed E-state index contributed by atoms with van der Waals surface area (Å²) >= 11 is 0. The summed E-state index contributed by atoms with van der Waals surface area (Å²) in [6, 6.07) is 6.76. The highest BCUT2D eigenvalue weighted by atomic mass is 35.5. The lowest BCUT2D eigenvalue weighted by atomic mass is 10.2. The van der Waals surface area contributed by atoms with Crippen LogP contribution in [0.3, 0.4) is 0 Å². The molecule has 0 saturated carbocycles. The van der Waals surface area contributed by atoms with E-state index < -0.39 is 5.56 Å². The number of carbonyl (C=O) groups is 1. The molecule has 0 unspecified atom stereocenters. The standard InChI is InChI=1S/C15H15N7O3.ClH/c1-2-25-14(24)8-3-5-9(6-4-8)17-7-10-18-11-12(22-21-10)19-15(16)20-13(11)23;/h3-6,17H,2,7H2,1H3,(H3,16,19,20,22,23);1H. The van der Waals surface area contributed by atoms with Gasteiger partial charge in [0.15, 0.2) is 11.3 Å². The van der Waals surface area contributed by atoms with Gasteiger partial charge in [0.25, 0.3) is 5.56 Å². The quantitative estimate of drug-likeness (QED) is 0.551. The van der Waals surface area contributed by atoms with Crippen LogP contribution in [0.25, 0.3) is 11.2 Å². The van der Waals surface area contributed by atoms with Gasteiger partial charge >= 0.3 is 5.97 Å². The van der Waals surface area contributed by atoms with Gasteiger partial charge in [-0.3, -0.25) is 9.78 Å². The van der Waals surface area contributed by atoms with Crippen molar-refractivity contribution < 1.29 is 9.53 Å². The van der Waals surface area contributed by atoms with Crippen molar-refractivity contribution in [3.63, 3.8) is 0 Å². The predicted octanol–water partition coefficient (Wildman–Crippen LogP) is 0.901. The first kappa shape index (κ1) is 19.1. The summed E-state index contributed by atoms with van der Waals surface area (Å²) in [5, 5.41) is 10.8. The number of H-pyrrole nitrogens is 1. The molecule has 0 atom stereocenters. The summed E-state index contributed by atoms with van der Waals surface area (Å²) in [6.07, 6.45) is 0. The Kier molecular flexibility index (Phi) is 6.02. The van der Waals surface area contributed by atoms with E-state index in [2.05, 4.69) is 30.5 Å². The fourth-order valence-corrected chi connectivity index (χ4v) is 2.09. The van der Waals surface area contributed by atoms with E-state index >= 15 is 0 Å². The van der Waals surface area contributed by atoms with Gasteiger partial charge in [-0.15, -0.1) is 22.6 Å². The van der Waals surface area contributed by atoms with Gasteiger partial charge in [-0.25, -0.2) is 9.78 Å². The van der Waals surface area contributed by atoms with Crippen LogP contribution in [-0.4, -0.2) is 37.7 Å². The minimum atomic E-state index is -0.475. The van der Waals surface area contributed by atoms with Crippen LogP contribution in [0.4, 0.5) is 11.6 Å². The number of aromatic nitrogens is 5. The van der Waals surface area contributed by atoms with E-state index in [0.717, 1.165) is 5.69 Å². The predicted molar refractivity (Wildman–Crippen MR) is 97.1 cm³/mol. The van der Waals surface area contributed by atoms with Crippen LogP contribution >= 0.6 is 12.4 Å². The summed E-state index contributed by atoms with van der Waals surface area (Å²) in [5.41, 5.74) is 6.34. The zero-order valence-corrected chi connectivity index (χ0v) is 14.5. The maximum atomic E-state index is 11.8. The average molecular weight is 378 g/mol. The van der Waals surface area contributed by atoms with Crippen LogP contribution in [-0.2, 0) is 11.3 Å². The Hall–Kier alpha value is -3.27. The van der Waals surface area contributed by atoms with Crippen LogP contribution in [0.15, 0.2) is 29.1 Å². The molecule has 1 aromatic carbocycles. The molecule has 0 aliphatic heterocycles. The SMILES string of the molecule is CCOC(=O)c1ccc(NCc2nnc3nc(N)[nH]c(=O)c3n2)cc1.Cl. The number of nitrogens with two attached hydrogens (primary N) is 1. The molecule has 0 aliphatic carbocycles. The van der Waals surface area contributed by atoms with Crippen molar-refractivity contribution in [2.24, 2.45) is 0 Å². The van der Waals surface area contributed by atoms with Crippen LogP contribution in [0.1, 0.15) is 23.1 Å². The summed E-state index contributed by atoms with van der Waals surface area (Å²) in [5.74, 6) is -0.0951. The van der Waals surface area contributed by atoms with E-state index in [1.54, 1.807) is 31.2 Å². The maximum absolute atomic E-state index is 11.8. The number of nitrogen functional groups attached to an aromatic ring is 1. The van der Waals surface area contributed by atoms with Crippen molar-refractivity contribution in [3.8, 4) is 0 Å². The average Bonchev–Trinajstić information content (AvgIpc) is 2.61. The van der Waals surface area contributed by atoms with E-state index in [0.29, 0.717) is 18.0 Å². The van der Waals surface area contributed by atoms with Crippen molar-refractivity contribution in [3.05, 3.63) is 46.0 Å². The van der Waals surface area contributed by atoms with Crippen molar-refractivity contribution in [2.75, 3.05) is 17.7 Å². The van der Waals surface area contributed by atoms with Gasteiger partial charge in [-0.1, -0.05) is 0 Å². The summed E-state index contributed by atoms with van der Waals surface area (Å²) < 4.78 is 4.92. The zero-order valence-electron chi connectivity index (χ0n) is 13.7. The molecule has 0 fully saturated rings. The number of hydrogen-bond donors (Lipinski definition) is 3. The number of anilines is 2. The third-order valence-corrected chi connectivity index (χ3v) is 3.24. The number of rotatable bonds is 5. The highest BCUT2D eigenvalue weighted by molar-refractivity contribution is 5.89. The Morgan fingerprint density at radius 1 is 1.23 bits per heavy atom. The molecule has 136 valence electrons. The normalized spacial score (nSPS) is 10.2. The lowest BCUT2D eigenvalue weighted by molar-refractivity contribution is 0.0526. The molecule has 11 heteroatoms. The van der Waals surface area contributed by atoms with Gasteiger partial charge in [0.1, 0.15) is 0 Å². The fourth-order valence-electron chi connectivity index (χ4n) is 2.09. The molecule has 0 bridgehead atoms. The number of fused-ring (bicyclic) bond motifs is 1. The van der Waals surface area contributed by atoms with Crippen molar-refractivity contribution in [2.45, 2.75) is 13.5 Å². The zero-order chi connectivity index (χ0) is 17.8. The number of ether oxygens (including phenoxy) is 1. The Bertz CT molecular complexity index is 975. The van der Waals surface area contributed by atoms with Crippen molar-refractivity contribution >= 4 is 41.2 Å². The van der Waals surface area contributed by atoms with Crippen LogP contribution in [0.5, 0.6) is 0 Å². The lowest BCUT2D eigenvalue weighted by Crippen LogP contribution is -2.16. The van der Waals surface area contributed by atoms with Crippen molar-refractivity contribution in [1.82, 2.24) is 25.1 Å². The Morgan fingerprint density at radius 2 is 1.96 bits per heavy atom. The number of aromatic amines is 1. The topological polar surface area (TPSA) is 149 Å². The second-order valence-corrected chi connectivity index (χ2v) is 5.00. The number of hydrogen-bond acceptors (Lipinski definition) is 9. The number of halogens is 1. The van der Waals surface area contributed by atoms with Crippen LogP contribution in [0.2, 0.25) is 0 Å². The first-order chi connectivity index (χ1) is 12.1. The van der Waals surface area contributed by atoms with Gasteiger partial charge in [-0.2, -0.15) is 4.98 Å². The van der Waals surface area contributed by atoms with Crippen LogP contribution < -0.4 is 16.6 Å². The molecule has 26 heavy (non-hydrogen) atoms. The third-order valence-electron chi connectivity index (χ3n) is 3.24. The Labute approximate surface area is 153 Å². The Morgan fingerprint density at radius 3 is 2.65 bits per heavy atom. The van der Waals surface area contributed by atoms with Gasteiger partial charge in [-0.05, 0) is 31.2 Å². The minimum absolute atomic E-state index is 0. The number of esters is 1. The highest BCUT2D eigenvalue weighted by Crippen LogP contribution is 2.11. The second-order valence-electron chi connectivity index (χ2n) is 5.00. The molecule has 0 radical (unpaired) electrons. The van der Waals surface area contributed by atoms with Gasteiger partial charge < -0.3 is 15.8 Å². The molecule has 0 aliphatic rings. The van der Waals surface area contributed by atoms with Gasteiger partial charge in [0.2, 0.25) is 11.6 Å². The number of carbonyl (C=O) groups excluding carboxylic acids is 1. The van der Waals surface area contributed by atoms with Gasteiger partial charge in [0, 0.05) is 5.69 Å². The number of benzene rings is 1. The summed E-state index contributed by atoms with van der Waals surface area (Å²) in [4.78, 5) is 33.8. The summed E-state index contributed by atoms with van der Waals surface area (Å²) in [7, 11) is 0. The minimum Gasteiger partial charge on any atom is -0.462 e. The monoisotopic (exact) mass is 377 g/mol. The largest absolute Gasteiger partial charge is 0.462 e. The Balaban J connectivity index is 0.00000243. The molecule has 0 spiro atoms. The molecule has 3 rings (SSSR count). The van der Waals surface area contributed by atoms with Crippen molar-refractivity contribution in [1.29, 1.82) is 0 Å². The summed E-state index contributed by atoms with van der Waals surface area (Å²) in [6.45, 7) is 2.32. The number of nitrogens with zero attached hydrogens (tertiary/aromatic N) is 4.